The lowest BCUT2D eigenvalue weighted by molar-refractivity contribution is -0.142. The normalized spacial score (nSPS) is 21.6. The Morgan fingerprint density at radius 1 is 1.24 bits per heavy atom. The van der Waals surface area contributed by atoms with E-state index in [1.54, 1.807) is 24.3 Å². The van der Waals surface area contributed by atoms with Crippen molar-refractivity contribution in [3.8, 4) is 5.75 Å². The standard InChI is InChI=1S/C15H18ClNO4/c16-12-3-1-2-4-13(12)21-9-14(18)17-11-7-5-10(6-8-11)15(19)20/h1-4,10-11H,5-9H2,(H,17,18)(H,19,20). The van der Waals surface area contributed by atoms with E-state index >= 15 is 0 Å². The molecule has 0 saturated heterocycles. The van der Waals surface area contributed by atoms with Gasteiger partial charge in [-0.3, -0.25) is 9.59 Å². The van der Waals surface area contributed by atoms with Gasteiger partial charge in [-0.2, -0.15) is 0 Å². The maximum Gasteiger partial charge on any atom is 0.306 e. The molecule has 0 spiro atoms. The zero-order chi connectivity index (χ0) is 15.2. The first-order valence-electron chi connectivity index (χ1n) is 6.95. The highest BCUT2D eigenvalue weighted by molar-refractivity contribution is 6.32. The quantitative estimate of drug-likeness (QED) is 0.876. The van der Waals surface area contributed by atoms with Crippen LogP contribution in [0.3, 0.4) is 0 Å². The molecule has 1 aliphatic rings. The summed E-state index contributed by atoms with van der Waals surface area (Å²) in [5, 5.41) is 12.3. The van der Waals surface area contributed by atoms with Gasteiger partial charge in [-0.05, 0) is 37.8 Å². The van der Waals surface area contributed by atoms with Gasteiger partial charge in [0.15, 0.2) is 6.61 Å². The minimum Gasteiger partial charge on any atom is -0.482 e. The summed E-state index contributed by atoms with van der Waals surface area (Å²) < 4.78 is 5.36. The number of amides is 1. The number of halogens is 1. The number of benzene rings is 1. The number of carboxylic acids is 1. The first-order valence-corrected chi connectivity index (χ1v) is 7.33. The number of carbonyl (C=O) groups is 2. The molecule has 2 rings (SSSR count). The van der Waals surface area contributed by atoms with Crippen LogP contribution in [0.25, 0.3) is 0 Å². The average molecular weight is 312 g/mol. The molecule has 21 heavy (non-hydrogen) atoms. The number of carboxylic acid groups (broad SMARTS) is 1. The molecule has 0 unspecified atom stereocenters. The molecule has 1 aromatic rings. The van der Waals surface area contributed by atoms with E-state index in [1.807, 2.05) is 0 Å². The summed E-state index contributed by atoms with van der Waals surface area (Å²) in [5.41, 5.74) is 0. The maximum atomic E-state index is 11.8. The van der Waals surface area contributed by atoms with Gasteiger partial charge in [-0.15, -0.1) is 0 Å². The van der Waals surface area contributed by atoms with Crippen LogP contribution in [-0.4, -0.2) is 29.6 Å². The molecule has 1 amide bonds. The van der Waals surface area contributed by atoms with Gasteiger partial charge in [0.1, 0.15) is 5.75 Å². The van der Waals surface area contributed by atoms with Crippen molar-refractivity contribution in [2.45, 2.75) is 31.7 Å². The predicted octanol–water partition coefficient (Wildman–Crippen LogP) is 2.48. The highest BCUT2D eigenvalue weighted by Crippen LogP contribution is 2.25. The van der Waals surface area contributed by atoms with Gasteiger partial charge in [0.25, 0.3) is 5.91 Å². The van der Waals surface area contributed by atoms with Crippen molar-refractivity contribution < 1.29 is 19.4 Å². The fourth-order valence-corrected chi connectivity index (χ4v) is 2.65. The van der Waals surface area contributed by atoms with Gasteiger partial charge >= 0.3 is 5.97 Å². The SMILES string of the molecule is O=C(COc1ccccc1Cl)NC1CCC(C(=O)O)CC1. The number of nitrogens with one attached hydrogen (secondary N) is 1. The van der Waals surface area contributed by atoms with Crippen LogP contribution in [0.4, 0.5) is 0 Å². The lowest BCUT2D eigenvalue weighted by Crippen LogP contribution is -2.40. The Bertz CT molecular complexity index is 512. The van der Waals surface area contributed by atoms with Crippen LogP contribution in [0.5, 0.6) is 5.75 Å². The van der Waals surface area contributed by atoms with Crippen molar-refractivity contribution in [3.05, 3.63) is 29.3 Å². The van der Waals surface area contributed by atoms with Crippen LogP contribution in [0, 0.1) is 5.92 Å². The van der Waals surface area contributed by atoms with Gasteiger partial charge < -0.3 is 15.2 Å². The lowest BCUT2D eigenvalue weighted by Gasteiger charge is -2.26. The van der Waals surface area contributed by atoms with Gasteiger partial charge in [0.05, 0.1) is 10.9 Å². The number of aliphatic carboxylic acids is 1. The summed E-state index contributed by atoms with van der Waals surface area (Å²) in [6.07, 6.45) is 2.58. The molecular formula is C15H18ClNO4. The summed E-state index contributed by atoms with van der Waals surface area (Å²) in [4.78, 5) is 22.7. The summed E-state index contributed by atoms with van der Waals surface area (Å²) in [7, 11) is 0. The van der Waals surface area contributed by atoms with E-state index in [0.29, 0.717) is 36.5 Å². The molecule has 0 bridgehead atoms. The van der Waals surface area contributed by atoms with Crippen LogP contribution in [-0.2, 0) is 9.59 Å². The van der Waals surface area contributed by atoms with Gasteiger partial charge in [-0.1, -0.05) is 23.7 Å². The Hall–Kier alpha value is -1.75. The Balaban J connectivity index is 1.73. The molecule has 1 saturated carbocycles. The van der Waals surface area contributed by atoms with Crippen molar-refractivity contribution >= 4 is 23.5 Å². The van der Waals surface area contributed by atoms with E-state index in [-0.39, 0.29) is 24.5 Å². The van der Waals surface area contributed by atoms with Crippen molar-refractivity contribution in [1.29, 1.82) is 0 Å². The summed E-state index contributed by atoms with van der Waals surface area (Å²) >= 11 is 5.93. The minimum absolute atomic E-state index is 0.0305. The van der Waals surface area contributed by atoms with Crippen LogP contribution in [0.15, 0.2) is 24.3 Å². The summed E-state index contributed by atoms with van der Waals surface area (Å²) in [6.45, 7) is -0.0947. The van der Waals surface area contributed by atoms with Crippen LogP contribution in [0.1, 0.15) is 25.7 Å². The monoisotopic (exact) mass is 311 g/mol. The second kappa shape index (κ2) is 7.31. The molecule has 6 heteroatoms. The predicted molar refractivity (Wildman–Crippen MR) is 78.5 cm³/mol. The molecule has 0 heterocycles. The van der Waals surface area contributed by atoms with E-state index < -0.39 is 5.97 Å². The van der Waals surface area contributed by atoms with Gasteiger partial charge in [0, 0.05) is 6.04 Å². The molecule has 1 aromatic carbocycles. The largest absolute Gasteiger partial charge is 0.482 e. The summed E-state index contributed by atoms with van der Waals surface area (Å²) in [6, 6.07) is 7.00. The highest BCUT2D eigenvalue weighted by Gasteiger charge is 2.26. The molecule has 5 nitrogen and oxygen atoms in total. The second-order valence-corrected chi connectivity index (χ2v) is 5.58. The molecular weight excluding hydrogens is 294 g/mol. The average Bonchev–Trinajstić information content (AvgIpc) is 2.47. The Kier molecular flexibility index (Phi) is 5.44. The number of hydrogen-bond donors (Lipinski definition) is 2. The first kappa shape index (κ1) is 15.6. The van der Waals surface area contributed by atoms with E-state index in [1.165, 1.54) is 0 Å². The van der Waals surface area contributed by atoms with Crippen molar-refractivity contribution in [2.24, 2.45) is 5.92 Å². The third kappa shape index (κ3) is 4.63. The molecule has 1 aliphatic carbocycles. The number of para-hydroxylation sites is 1. The minimum atomic E-state index is -0.748. The number of ether oxygens (including phenoxy) is 1. The van der Waals surface area contributed by atoms with E-state index in [4.69, 9.17) is 21.4 Å². The maximum absolute atomic E-state index is 11.8. The van der Waals surface area contributed by atoms with Crippen LogP contribution in [0.2, 0.25) is 5.02 Å². The summed E-state index contributed by atoms with van der Waals surface area (Å²) in [5.74, 6) is -0.767. The van der Waals surface area contributed by atoms with Crippen molar-refractivity contribution in [3.63, 3.8) is 0 Å². The highest BCUT2D eigenvalue weighted by atomic mass is 35.5. The Morgan fingerprint density at radius 3 is 2.52 bits per heavy atom. The zero-order valence-corrected chi connectivity index (χ0v) is 12.3. The topological polar surface area (TPSA) is 75.6 Å². The van der Waals surface area contributed by atoms with E-state index in [2.05, 4.69) is 5.32 Å². The molecule has 2 N–H and O–H groups in total. The van der Waals surface area contributed by atoms with E-state index in [0.717, 1.165) is 0 Å². The van der Waals surface area contributed by atoms with Gasteiger partial charge in [-0.25, -0.2) is 0 Å². The molecule has 114 valence electrons. The third-order valence-electron chi connectivity index (χ3n) is 3.64. The number of hydrogen-bond acceptors (Lipinski definition) is 3. The van der Waals surface area contributed by atoms with Crippen molar-refractivity contribution in [1.82, 2.24) is 5.32 Å². The first-order chi connectivity index (χ1) is 10.1. The second-order valence-electron chi connectivity index (χ2n) is 5.17. The molecule has 1 fully saturated rings. The molecule has 0 aromatic heterocycles. The Morgan fingerprint density at radius 2 is 1.90 bits per heavy atom. The molecule has 0 atom stereocenters. The van der Waals surface area contributed by atoms with Crippen LogP contribution >= 0.6 is 11.6 Å². The smallest absolute Gasteiger partial charge is 0.306 e. The Labute approximate surface area is 128 Å². The fourth-order valence-electron chi connectivity index (χ4n) is 2.46. The van der Waals surface area contributed by atoms with Crippen LogP contribution < -0.4 is 10.1 Å². The van der Waals surface area contributed by atoms with Crippen molar-refractivity contribution in [2.75, 3.05) is 6.61 Å². The van der Waals surface area contributed by atoms with E-state index in [9.17, 15) is 9.59 Å². The third-order valence-corrected chi connectivity index (χ3v) is 3.95. The van der Waals surface area contributed by atoms with Gasteiger partial charge in [0.2, 0.25) is 0 Å². The molecule has 0 radical (unpaired) electrons. The number of rotatable bonds is 5. The fraction of sp³-hybridized carbons (Fsp3) is 0.467. The number of carbonyl (C=O) groups excluding carboxylic acids is 1. The lowest BCUT2D eigenvalue weighted by atomic mass is 9.86. The molecule has 0 aliphatic heterocycles. The zero-order valence-electron chi connectivity index (χ0n) is 11.5.